The number of esters is 1. The minimum atomic E-state index is -0.0476. The van der Waals surface area contributed by atoms with Gasteiger partial charge in [-0.15, -0.1) is 0 Å². The van der Waals surface area contributed by atoms with Gasteiger partial charge in [0.15, 0.2) is 0 Å². The molecule has 0 aliphatic carbocycles. The molecular formula is C26H52BrNO2. The van der Waals surface area contributed by atoms with Crippen molar-refractivity contribution in [2.75, 3.05) is 31.6 Å². The number of hydrogen-bond acceptors (Lipinski definition) is 3. The molecule has 0 amide bonds. The maximum Gasteiger partial charge on any atom is 0.305 e. The van der Waals surface area contributed by atoms with Gasteiger partial charge in [0.1, 0.15) is 6.61 Å². The van der Waals surface area contributed by atoms with E-state index in [2.05, 4.69) is 34.7 Å². The zero-order valence-corrected chi connectivity index (χ0v) is 22.0. The van der Waals surface area contributed by atoms with E-state index in [9.17, 15) is 4.79 Å². The quantitative estimate of drug-likeness (QED) is 0.0774. The first-order chi connectivity index (χ1) is 14.7. The Hall–Kier alpha value is -0.0900. The first kappa shape index (κ1) is 29.9. The summed E-state index contributed by atoms with van der Waals surface area (Å²) < 4.78 is 5.44. The van der Waals surface area contributed by atoms with E-state index >= 15 is 0 Å². The number of nitrogens with zero attached hydrogens (tertiary/aromatic N) is 1. The van der Waals surface area contributed by atoms with Crippen molar-refractivity contribution >= 4 is 21.9 Å². The normalized spacial score (nSPS) is 11.3. The summed E-state index contributed by atoms with van der Waals surface area (Å²) in [6.45, 7) is 8.32. The Morgan fingerprint density at radius 3 is 1.50 bits per heavy atom. The number of carbonyl (C=O) groups is 1. The maximum atomic E-state index is 11.7. The molecule has 0 aromatic carbocycles. The number of unbranched alkanes of at least 4 members (excludes halogenated alkanes) is 14. The smallest absolute Gasteiger partial charge is 0.305 e. The largest absolute Gasteiger partial charge is 0.464 e. The molecule has 0 aliphatic rings. The van der Waals surface area contributed by atoms with Gasteiger partial charge in [-0.25, -0.2) is 0 Å². The van der Waals surface area contributed by atoms with Gasteiger partial charge in [0.2, 0.25) is 0 Å². The second-order valence-electron chi connectivity index (χ2n) is 8.80. The maximum absolute atomic E-state index is 11.7. The third-order valence-corrected chi connectivity index (χ3v) is 6.40. The molecule has 0 saturated carbocycles. The predicted molar refractivity (Wildman–Crippen MR) is 136 cm³/mol. The summed E-state index contributed by atoms with van der Waals surface area (Å²) in [5, 5.41) is 0.866. The number of ether oxygens (including phenoxy) is 1. The van der Waals surface area contributed by atoms with Gasteiger partial charge in [-0.1, -0.05) is 120 Å². The van der Waals surface area contributed by atoms with E-state index < -0.39 is 0 Å². The van der Waals surface area contributed by atoms with Gasteiger partial charge in [0.25, 0.3) is 0 Å². The third-order valence-electron chi connectivity index (χ3n) is 5.84. The summed E-state index contributed by atoms with van der Waals surface area (Å²) in [4.78, 5) is 14.3. The van der Waals surface area contributed by atoms with Crippen molar-refractivity contribution in [1.82, 2.24) is 4.90 Å². The third kappa shape index (κ3) is 22.6. The van der Waals surface area contributed by atoms with Crippen molar-refractivity contribution in [2.24, 2.45) is 0 Å². The van der Waals surface area contributed by atoms with Gasteiger partial charge in [-0.3, -0.25) is 9.69 Å². The Balaban J connectivity index is 3.93. The van der Waals surface area contributed by atoms with Crippen molar-refractivity contribution in [3.05, 3.63) is 0 Å². The summed E-state index contributed by atoms with van der Waals surface area (Å²) in [5.41, 5.74) is 0. The SMILES string of the molecule is CCCCCCCCCCN(CCCCCCCCCC)CCOC(=O)CCCBr. The predicted octanol–water partition coefficient (Wildman–Crippen LogP) is 8.29. The molecule has 0 bridgehead atoms. The average Bonchev–Trinajstić information content (AvgIpc) is 2.75. The van der Waals surface area contributed by atoms with Crippen molar-refractivity contribution in [3.8, 4) is 0 Å². The molecule has 0 radical (unpaired) electrons. The molecule has 0 fully saturated rings. The van der Waals surface area contributed by atoms with Crippen LogP contribution < -0.4 is 0 Å². The Bertz CT molecular complexity index is 332. The van der Waals surface area contributed by atoms with Crippen LogP contribution in [0.5, 0.6) is 0 Å². The number of hydrogen-bond donors (Lipinski definition) is 0. The van der Waals surface area contributed by atoms with Crippen LogP contribution in [0, 0.1) is 0 Å². The van der Waals surface area contributed by atoms with E-state index in [4.69, 9.17) is 4.74 Å². The topological polar surface area (TPSA) is 29.5 Å². The average molecular weight is 491 g/mol. The number of carbonyl (C=O) groups excluding carboxylic acids is 1. The lowest BCUT2D eigenvalue weighted by molar-refractivity contribution is -0.144. The zero-order valence-electron chi connectivity index (χ0n) is 20.4. The minimum absolute atomic E-state index is 0.0476. The number of rotatable bonds is 24. The molecule has 0 unspecified atom stereocenters. The zero-order chi connectivity index (χ0) is 22.1. The summed E-state index contributed by atoms with van der Waals surface area (Å²) in [5.74, 6) is -0.0476. The standard InChI is InChI=1S/C26H52BrNO2/c1-3-5-7-9-11-13-15-17-22-28(24-25-30-26(29)20-19-21-27)23-18-16-14-12-10-8-6-4-2/h3-25H2,1-2H3. The Morgan fingerprint density at radius 1 is 0.633 bits per heavy atom. The van der Waals surface area contributed by atoms with E-state index in [0.717, 1.165) is 31.4 Å². The van der Waals surface area contributed by atoms with Crippen LogP contribution >= 0.6 is 15.9 Å². The van der Waals surface area contributed by atoms with Crippen LogP contribution in [0.1, 0.15) is 129 Å². The highest BCUT2D eigenvalue weighted by Crippen LogP contribution is 2.11. The molecule has 0 saturated heterocycles. The van der Waals surface area contributed by atoms with Crippen molar-refractivity contribution in [2.45, 2.75) is 129 Å². The molecule has 4 heteroatoms. The Kier molecular flexibility index (Phi) is 25.1. The number of alkyl halides is 1. The van der Waals surface area contributed by atoms with Crippen LogP contribution in [0.4, 0.5) is 0 Å². The van der Waals surface area contributed by atoms with Crippen molar-refractivity contribution in [3.63, 3.8) is 0 Å². The van der Waals surface area contributed by atoms with Crippen LogP contribution in [0.25, 0.3) is 0 Å². The summed E-state index contributed by atoms with van der Waals surface area (Å²) >= 11 is 3.37. The fraction of sp³-hybridized carbons (Fsp3) is 0.962. The van der Waals surface area contributed by atoms with Crippen LogP contribution in [0.15, 0.2) is 0 Å². The summed E-state index contributed by atoms with van der Waals surface area (Å²) in [7, 11) is 0. The molecule has 180 valence electrons. The van der Waals surface area contributed by atoms with E-state index in [0.29, 0.717) is 13.0 Å². The lowest BCUT2D eigenvalue weighted by Gasteiger charge is -2.22. The summed E-state index contributed by atoms with van der Waals surface area (Å²) in [6, 6.07) is 0. The fourth-order valence-electron chi connectivity index (χ4n) is 3.85. The van der Waals surface area contributed by atoms with Gasteiger partial charge < -0.3 is 4.74 Å². The lowest BCUT2D eigenvalue weighted by Crippen LogP contribution is -2.30. The highest BCUT2D eigenvalue weighted by atomic mass is 79.9. The first-order valence-corrected chi connectivity index (χ1v) is 14.3. The Labute approximate surface area is 197 Å². The van der Waals surface area contributed by atoms with E-state index in [1.807, 2.05) is 0 Å². The lowest BCUT2D eigenvalue weighted by atomic mass is 10.1. The van der Waals surface area contributed by atoms with Crippen molar-refractivity contribution < 1.29 is 9.53 Å². The monoisotopic (exact) mass is 489 g/mol. The number of halogens is 1. The molecule has 0 rings (SSSR count). The van der Waals surface area contributed by atoms with Crippen LogP contribution in [0.2, 0.25) is 0 Å². The van der Waals surface area contributed by atoms with Crippen LogP contribution in [-0.2, 0) is 9.53 Å². The van der Waals surface area contributed by atoms with E-state index in [-0.39, 0.29) is 5.97 Å². The molecule has 30 heavy (non-hydrogen) atoms. The molecule has 0 aromatic rings. The van der Waals surface area contributed by atoms with Gasteiger partial charge >= 0.3 is 5.97 Å². The highest BCUT2D eigenvalue weighted by molar-refractivity contribution is 9.09. The van der Waals surface area contributed by atoms with Gasteiger partial charge in [-0.05, 0) is 32.4 Å². The van der Waals surface area contributed by atoms with E-state index in [1.54, 1.807) is 0 Å². The second kappa shape index (κ2) is 25.2. The molecule has 0 aromatic heterocycles. The molecule has 3 nitrogen and oxygen atoms in total. The van der Waals surface area contributed by atoms with Gasteiger partial charge in [0, 0.05) is 18.3 Å². The molecular weight excluding hydrogens is 438 g/mol. The minimum Gasteiger partial charge on any atom is -0.464 e. The van der Waals surface area contributed by atoms with Gasteiger partial charge in [0.05, 0.1) is 0 Å². The molecule has 0 aliphatic heterocycles. The van der Waals surface area contributed by atoms with Gasteiger partial charge in [-0.2, -0.15) is 0 Å². The molecule has 0 spiro atoms. The fourth-order valence-corrected chi connectivity index (χ4v) is 4.13. The molecule has 0 atom stereocenters. The second-order valence-corrected chi connectivity index (χ2v) is 9.60. The molecule has 0 heterocycles. The summed E-state index contributed by atoms with van der Waals surface area (Å²) in [6.07, 6.45) is 23.2. The highest BCUT2D eigenvalue weighted by Gasteiger charge is 2.07. The van der Waals surface area contributed by atoms with Crippen LogP contribution in [-0.4, -0.2) is 42.4 Å². The van der Waals surface area contributed by atoms with E-state index in [1.165, 1.54) is 103 Å². The first-order valence-electron chi connectivity index (χ1n) is 13.2. The van der Waals surface area contributed by atoms with Crippen LogP contribution in [0.3, 0.4) is 0 Å². The Morgan fingerprint density at radius 2 is 1.07 bits per heavy atom. The van der Waals surface area contributed by atoms with Crippen molar-refractivity contribution in [1.29, 1.82) is 0 Å². The molecule has 0 N–H and O–H groups in total.